The van der Waals surface area contributed by atoms with E-state index in [0.29, 0.717) is 35.7 Å². The predicted octanol–water partition coefficient (Wildman–Crippen LogP) is 3.25. The Morgan fingerprint density at radius 3 is 2.53 bits per heavy atom. The molecule has 0 atom stereocenters. The van der Waals surface area contributed by atoms with Gasteiger partial charge >= 0.3 is 0 Å². The number of sulfonamides is 1. The number of aromatic nitrogens is 4. The van der Waals surface area contributed by atoms with Crippen molar-refractivity contribution in [3.8, 4) is 11.4 Å². The number of anilines is 1. The molecule has 1 aliphatic heterocycles. The maximum Gasteiger partial charge on any atom is 0.243 e. The van der Waals surface area contributed by atoms with Gasteiger partial charge in [-0.3, -0.25) is 4.79 Å². The van der Waals surface area contributed by atoms with Gasteiger partial charge < -0.3 is 9.88 Å². The minimum absolute atomic E-state index is 0.159. The van der Waals surface area contributed by atoms with Gasteiger partial charge in [0.2, 0.25) is 15.9 Å². The number of aryl methyl sites for hydroxylation is 1. The second-order valence-electron chi connectivity index (χ2n) is 7.32. The zero-order valence-electron chi connectivity index (χ0n) is 17.8. The molecular weight excluding hydrogens is 468 g/mol. The zero-order valence-corrected chi connectivity index (χ0v) is 20.3. The van der Waals surface area contributed by atoms with Gasteiger partial charge in [0.1, 0.15) is 0 Å². The van der Waals surface area contributed by atoms with E-state index in [0.717, 1.165) is 24.1 Å². The lowest BCUT2D eigenvalue weighted by molar-refractivity contribution is -0.113. The van der Waals surface area contributed by atoms with E-state index in [1.54, 1.807) is 24.3 Å². The molecule has 0 unspecified atom stereocenters. The highest BCUT2D eigenvalue weighted by atomic mass is 32.2. The molecule has 0 spiro atoms. The monoisotopic (exact) mass is 492 g/mol. The topological polar surface area (TPSA) is 110 Å². The Morgan fingerprint density at radius 1 is 1.19 bits per heavy atom. The number of hydrogen-bond donors (Lipinski definition) is 1. The first kappa shape index (κ1) is 22.9. The van der Waals surface area contributed by atoms with Crippen LogP contribution in [-0.4, -0.2) is 57.2 Å². The summed E-state index contributed by atoms with van der Waals surface area (Å²) < 4.78 is 28.9. The maximum absolute atomic E-state index is 12.7. The Morgan fingerprint density at radius 2 is 1.91 bits per heavy atom. The van der Waals surface area contributed by atoms with E-state index in [-0.39, 0.29) is 16.6 Å². The largest absolute Gasteiger partial charge is 0.302 e. The molecule has 3 heterocycles. The lowest BCUT2D eigenvalue weighted by Crippen LogP contribution is -2.27. The molecule has 1 aromatic carbocycles. The summed E-state index contributed by atoms with van der Waals surface area (Å²) in [6, 6.07) is 6.75. The first-order chi connectivity index (χ1) is 15.4. The zero-order chi connectivity index (χ0) is 22.7. The van der Waals surface area contributed by atoms with Crippen LogP contribution in [0.3, 0.4) is 0 Å². The number of thiazole rings is 1. The molecule has 1 amide bonds. The second kappa shape index (κ2) is 9.69. The van der Waals surface area contributed by atoms with Gasteiger partial charge in [-0.15, -0.1) is 21.5 Å². The highest BCUT2D eigenvalue weighted by molar-refractivity contribution is 7.99. The van der Waals surface area contributed by atoms with Crippen LogP contribution in [0, 0.1) is 6.92 Å². The Labute approximate surface area is 195 Å². The number of carbonyl (C=O) groups is 1. The van der Waals surface area contributed by atoms with Gasteiger partial charge in [-0.2, -0.15) is 4.31 Å². The fourth-order valence-corrected chi connectivity index (χ4v) is 6.47. The molecule has 3 aromatic rings. The quantitative estimate of drug-likeness (QED) is 0.481. The number of amides is 1. The molecule has 170 valence electrons. The average Bonchev–Trinajstić information content (AvgIpc) is 3.53. The summed E-state index contributed by atoms with van der Waals surface area (Å²) in [5.74, 6) is 0.660. The van der Waals surface area contributed by atoms with Crippen LogP contribution in [0.15, 0.2) is 39.7 Å². The van der Waals surface area contributed by atoms with E-state index in [2.05, 4.69) is 20.5 Å². The highest BCUT2D eigenvalue weighted by Crippen LogP contribution is 2.27. The Kier molecular flexibility index (Phi) is 6.93. The molecule has 1 N–H and O–H groups in total. The van der Waals surface area contributed by atoms with Crippen LogP contribution in [-0.2, 0) is 21.4 Å². The maximum atomic E-state index is 12.7. The molecule has 1 aliphatic rings. The van der Waals surface area contributed by atoms with Crippen molar-refractivity contribution >= 4 is 44.2 Å². The van der Waals surface area contributed by atoms with Crippen molar-refractivity contribution in [3.63, 3.8) is 0 Å². The summed E-state index contributed by atoms with van der Waals surface area (Å²) in [6.45, 7) is 5.61. The van der Waals surface area contributed by atoms with Crippen molar-refractivity contribution in [2.45, 2.75) is 43.3 Å². The van der Waals surface area contributed by atoms with E-state index in [1.807, 2.05) is 23.8 Å². The molecule has 0 radical (unpaired) electrons. The van der Waals surface area contributed by atoms with Gasteiger partial charge in [0.05, 0.1) is 16.3 Å². The van der Waals surface area contributed by atoms with Gasteiger partial charge in [0.25, 0.3) is 0 Å². The number of benzene rings is 1. The standard InChI is InChI=1S/C20H24N6O3S3/c1-3-26-18(15-6-8-16(9-7-15)32(28,29)25-10-4-5-11-25)23-24-20(26)31-13-17(27)22-19-21-14(2)12-30-19/h6-9,12H,3-5,10-11,13H2,1-2H3,(H,21,22,27). The number of nitrogens with one attached hydrogen (secondary N) is 1. The number of carbonyl (C=O) groups excluding carboxylic acids is 1. The van der Waals surface area contributed by atoms with Crippen LogP contribution in [0.4, 0.5) is 5.13 Å². The third kappa shape index (κ3) is 4.87. The number of nitrogens with zero attached hydrogens (tertiary/aromatic N) is 5. The van der Waals surface area contributed by atoms with Crippen molar-refractivity contribution in [1.29, 1.82) is 0 Å². The third-order valence-corrected chi connectivity index (χ3v) is 8.80. The van der Waals surface area contributed by atoms with Gasteiger partial charge in [-0.25, -0.2) is 13.4 Å². The van der Waals surface area contributed by atoms with Crippen molar-refractivity contribution < 1.29 is 13.2 Å². The first-order valence-corrected chi connectivity index (χ1v) is 13.6. The van der Waals surface area contributed by atoms with Crippen LogP contribution in [0.1, 0.15) is 25.5 Å². The lowest BCUT2D eigenvalue weighted by Gasteiger charge is -2.15. The molecule has 0 aliphatic carbocycles. The summed E-state index contributed by atoms with van der Waals surface area (Å²) in [5.41, 5.74) is 1.64. The van der Waals surface area contributed by atoms with E-state index in [9.17, 15) is 13.2 Å². The first-order valence-electron chi connectivity index (χ1n) is 10.3. The van der Waals surface area contributed by atoms with Crippen LogP contribution in [0.25, 0.3) is 11.4 Å². The van der Waals surface area contributed by atoms with Crippen LogP contribution >= 0.6 is 23.1 Å². The molecule has 0 saturated carbocycles. The van der Waals surface area contributed by atoms with Gasteiger partial charge in [-0.05, 0) is 51.0 Å². The Balaban J connectivity index is 1.46. The van der Waals surface area contributed by atoms with E-state index in [4.69, 9.17) is 0 Å². The SMILES string of the molecule is CCn1c(SCC(=O)Nc2nc(C)cs2)nnc1-c1ccc(S(=O)(=O)N2CCCC2)cc1. The Hall–Kier alpha value is -2.28. The van der Waals surface area contributed by atoms with E-state index >= 15 is 0 Å². The molecule has 9 nitrogen and oxygen atoms in total. The summed E-state index contributed by atoms with van der Waals surface area (Å²) in [5, 5.41) is 14.4. The summed E-state index contributed by atoms with van der Waals surface area (Å²) in [6.07, 6.45) is 1.80. The molecule has 12 heteroatoms. The molecule has 1 saturated heterocycles. The Bertz CT molecular complexity index is 1200. The molecule has 4 rings (SSSR count). The van der Waals surface area contributed by atoms with Gasteiger partial charge in [0, 0.05) is 30.6 Å². The van der Waals surface area contributed by atoms with Crippen molar-refractivity contribution in [1.82, 2.24) is 24.1 Å². The second-order valence-corrected chi connectivity index (χ2v) is 11.1. The summed E-state index contributed by atoms with van der Waals surface area (Å²) >= 11 is 2.69. The minimum atomic E-state index is -3.45. The van der Waals surface area contributed by atoms with Crippen molar-refractivity contribution in [3.05, 3.63) is 35.3 Å². The van der Waals surface area contributed by atoms with E-state index < -0.39 is 10.0 Å². The van der Waals surface area contributed by atoms with Crippen LogP contribution < -0.4 is 5.32 Å². The number of hydrogen-bond acceptors (Lipinski definition) is 8. The molecular formula is C20H24N6O3S3. The van der Waals surface area contributed by atoms with Gasteiger partial charge in [-0.1, -0.05) is 11.8 Å². The summed E-state index contributed by atoms with van der Waals surface area (Å²) in [7, 11) is -3.45. The summed E-state index contributed by atoms with van der Waals surface area (Å²) in [4.78, 5) is 16.7. The number of rotatable bonds is 8. The fourth-order valence-electron chi connectivity index (χ4n) is 3.44. The molecule has 2 aromatic heterocycles. The van der Waals surface area contributed by atoms with E-state index in [1.165, 1.54) is 27.4 Å². The molecule has 0 bridgehead atoms. The molecule has 1 fully saturated rings. The lowest BCUT2D eigenvalue weighted by atomic mass is 10.2. The fraction of sp³-hybridized carbons (Fsp3) is 0.400. The normalized spacial score (nSPS) is 14.7. The third-order valence-electron chi connectivity index (χ3n) is 5.05. The minimum Gasteiger partial charge on any atom is -0.302 e. The number of thioether (sulfide) groups is 1. The average molecular weight is 493 g/mol. The van der Waals surface area contributed by atoms with Gasteiger partial charge in [0.15, 0.2) is 16.1 Å². The van der Waals surface area contributed by atoms with Crippen molar-refractivity contribution in [2.24, 2.45) is 0 Å². The van der Waals surface area contributed by atoms with Crippen LogP contribution in [0.5, 0.6) is 0 Å². The smallest absolute Gasteiger partial charge is 0.243 e. The predicted molar refractivity (Wildman–Crippen MR) is 125 cm³/mol. The van der Waals surface area contributed by atoms with Crippen molar-refractivity contribution in [2.75, 3.05) is 24.2 Å². The molecule has 32 heavy (non-hydrogen) atoms. The highest BCUT2D eigenvalue weighted by Gasteiger charge is 2.27. The van der Waals surface area contributed by atoms with Crippen LogP contribution in [0.2, 0.25) is 0 Å².